The van der Waals surface area contributed by atoms with E-state index in [0.717, 1.165) is 5.75 Å². The first-order valence-corrected chi connectivity index (χ1v) is 7.38. The zero-order valence-electron chi connectivity index (χ0n) is 11.6. The molecule has 2 nitrogen and oxygen atoms in total. The highest BCUT2D eigenvalue weighted by molar-refractivity contribution is 9.10. The summed E-state index contributed by atoms with van der Waals surface area (Å²) in [7, 11) is 1.74. The minimum atomic E-state index is -0.560. The van der Waals surface area contributed by atoms with E-state index in [1.54, 1.807) is 7.05 Å². The van der Waals surface area contributed by atoms with Gasteiger partial charge in [0.25, 0.3) is 0 Å². The van der Waals surface area contributed by atoms with Crippen molar-refractivity contribution in [1.82, 2.24) is 5.32 Å². The van der Waals surface area contributed by atoms with Crippen LogP contribution in [0.3, 0.4) is 0 Å². The Kier molecular flexibility index (Phi) is 5.70. The molecular weight excluding hydrogens is 340 g/mol. The second-order valence-corrected chi connectivity index (χ2v) is 5.49. The summed E-state index contributed by atoms with van der Waals surface area (Å²) in [5, 5.41) is 3.02. The third-order valence-corrected chi connectivity index (χ3v) is 3.80. The van der Waals surface area contributed by atoms with E-state index < -0.39 is 11.6 Å². The maximum Gasteiger partial charge on any atom is 0.143 e. The highest BCUT2D eigenvalue weighted by atomic mass is 79.9. The van der Waals surface area contributed by atoms with Crippen LogP contribution in [0.5, 0.6) is 5.75 Å². The SMILES string of the molecule is CNC(COc1ccccc1)Cc1c(F)ccc(Br)c1F. The van der Waals surface area contributed by atoms with Crippen LogP contribution in [0, 0.1) is 11.6 Å². The normalized spacial score (nSPS) is 12.2. The molecule has 2 rings (SSSR count). The molecule has 1 N–H and O–H groups in total. The predicted octanol–water partition coefficient (Wildman–Crippen LogP) is 3.94. The fourth-order valence-corrected chi connectivity index (χ4v) is 2.33. The highest BCUT2D eigenvalue weighted by Crippen LogP contribution is 2.23. The summed E-state index contributed by atoms with van der Waals surface area (Å²) >= 11 is 3.07. The standard InChI is InChI=1S/C16H16BrF2NO/c1-20-11(10-21-12-5-3-2-4-6-12)9-13-15(18)8-7-14(17)16(13)19/h2-8,11,20H,9-10H2,1H3. The molecule has 1 atom stereocenters. The van der Waals surface area contributed by atoms with Gasteiger partial charge in [-0.2, -0.15) is 0 Å². The molecule has 0 heterocycles. The maximum absolute atomic E-state index is 14.0. The first kappa shape index (κ1) is 15.9. The Morgan fingerprint density at radius 1 is 1.14 bits per heavy atom. The summed E-state index contributed by atoms with van der Waals surface area (Å²) in [5.41, 5.74) is 0.0559. The Labute approximate surface area is 131 Å². The Morgan fingerprint density at radius 3 is 2.52 bits per heavy atom. The average Bonchev–Trinajstić information content (AvgIpc) is 2.51. The van der Waals surface area contributed by atoms with Gasteiger partial charge in [0.1, 0.15) is 24.0 Å². The topological polar surface area (TPSA) is 21.3 Å². The number of hydrogen-bond acceptors (Lipinski definition) is 2. The summed E-state index contributed by atoms with van der Waals surface area (Å²) in [6, 6.07) is 11.8. The molecule has 0 fully saturated rings. The van der Waals surface area contributed by atoms with E-state index in [2.05, 4.69) is 21.2 Å². The van der Waals surface area contributed by atoms with Crippen molar-refractivity contribution in [3.8, 4) is 5.75 Å². The highest BCUT2D eigenvalue weighted by Gasteiger charge is 2.17. The van der Waals surface area contributed by atoms with Crippen LogP contribution in [0.1, 0.15) is 5.56 Å². The number of ether oxygens (including phenoxy) is 1. The zero-order chi connectivity index (χ0) is 15.2. The van der Waals surface area contributed by atoms with Crippen LogP contribution in [-0.2, 0) is 6.42 Å². The first-order chi connectivity index (χ1) is 10.1. The van der Waals surface area contributed by atoms with E-state index in [0.29, 0.717) is 6.61 Å². The quantitative estimate of drug-likeness (QED) is 0.792. The van der Waals surface area contributed by atoms with Crippen LogP contribution >= 0.6 is 15.9 Å². The Morgan fingerprint density at radius 2 is 1.86 bits per heavy atom. The average molecular weight is 356 g/mol. The van der Waals surface area contributed by atoms with Crippen molar-refractivity contribution in [3.05, 3.63) is 64.1 Å². The van der Waals surface area contributed by atoms with Gasteiger partial charge in [0.05, 0.1) is 4.47 Å². The fraction of sp³-hybridized carbons (Fsp3) is 0.250. The molecule has 0 spiro atoms. The molecule has 112 valence electrons. The van der Waals surface area contributed by atoms with Gasteiger partial charge in [0.2, 0.25) is 0 Å². The Hall–Kier alpha value is -1.46. The van der Waals surface area contributed by atoms with Crippen LogP contribution < -0.4 is 10.1 Å². The van der Waals surface area contributed by atoms with E-state index in [9.17, 15) is 8.78 Å². The van der Waals surface area contributed by atoms with Crippen molar-refractivity contribution < 1.29 is 13.5 Å². The lowest BCUT2D eigenvalue weighted by atomic mass is 10.1. The van der Waals surface area contributed by atoms with E-state index in [-0.39, 0.29) is 22.5 Å². The van der Waals surface area contributed by atoms with Crippen molar-refractivity contribution in [1.29, 1.82) is 0 Å². The van der Waals surface area contributed by atoms with Crippen LogP contribution in [0.25, 0.3) is 0 Å². The van der Waals surface area contributed by atoms with E-state index in [1.165, 1.54) is 12.1 Å². The largest absolute Gasteiger partial charge is 0.492 e. The lowest BCUT2D eigenvalue weighted by Gasteiger charge is -2.18. The molecule has 2 aromatic carbocycles. The number of rotatable bonds is 6. The molecule has 0 aliphatic heterocycles. The molecule has 0 saturated carbocycles. The number of hydrogen-bond donors (Lipinski definition) is 1. The Bertz CT molecular complexity index is 592. The summed E-state index contributed by atoms with van der Waals surface area (Å²) in [4.78, 5) is 0. The monoisotopic (exact) mass is 355 g/mol. The van der Waals surface area contributed by atoms with Gasteiger partial charge in [-0.25, -0.2) is 8.78 Å². The number of benzene rings is 2. The van der Waals surface area contributed by atoms with Crippen molar-refractivity contribution >= 4 is 15.9 Å². The summed E-state index contributed by atoms with van der Waals surface area (Å²) in [5.74, 6) is -0.376. The summed E-state index contributed by atoms with van der Waals surface area (Å²) < 4.78 is 33.6. The molecule has 21 heavy (non-hydrogen) atoms. The second-order valence-electron chi connectivity index (χ2n) is 4.64. The molecule has 0 saturated heterocycles. The van der Waals surface area contributed by atoms with Crippen LogP contribution in [0.2, 0.25) is 0 Å². The molecule has 1 unspecified atom stereocenters. The fourth-order valence-electron chi connectivity index (χ4n) is 1.96. The molecule has 5 heteroatoms. The lowest BCUT2D eigenvalue weighted by Crippen LogP contribution is -2.34. The van der Waals surface area contributed by atoms with Gasteiger partial charge in [-0.1, -0.05) is 18.2 Å². The third-order valence-electron chi connectivity index (χ3n) is 3.19. The summed E-state index contributed by atoms with van der Waals surface area (Å²) in [6.07, 6.45) is 0.209. The molecule has 0 aromatic heterocycles. The first-order valence-electron chi connectivity index (χ1n) is 6.59. The molecule has 0 radical (unpaired) electrons. The van der Waals surface area contributed by atoms with Gasteiger partial charge in [-0.15, -0.1) is 0 Å². The van der Waals surface area contributed by atoms with Crippen LogP contribution in [0.15, 0.2) is 46.9 Å². The third kappa shape index (κ3) is 4.25. The van der Waals surface area contributed by atoms with Crippen molar-refractivity contribution in [3.63, 3.8) is 0 Å². The number of nitrogens with one attached hydrogen (secondary N) is 1. The smallest absolute Gasteiger partial charge is 0.143 e. The molecule has 0 aliphatic carbocycles. The Balaban J connectivity index is 2.04. The van der Waals surface area contributed by atoms with Crippen LogP contribution in [-0.4, -0.2) is 19.7 Å². The van der Waals surface area contributed by atoms with Gasteiger partial charge >= 0.3 is 0 Å². The molecule has 2 aromatic rings. The van der Waals surface area contributed by atoms with Gasteiger partial charge in [0, 0.05) is 11.6 Å². The van der Waals surface area contributed by atoms with Gasteiger partial charge in [-0.05, 0) is 53.7 Å². The van der Waals surface area contributed by atoms with Crippen molar-refractivity contribution in [2.45, 2.75) is 12.5 Å². The van der Waals surface area contributed by atoms with E-state index in [1.807, 2.05) is 30.3 Å². The minimum Gasteiger partial charge on any atom is -0.492 e. The zero-order valence-corrected chi connectivity index (χ0v) is 13.2. The van der Waals surface area contributed by atoms with Gasteiger partial charge in [0.15, 0.2) is 0 Å². The number of halogens is 3. The van der Waals surface area contributed by atoms with Crippen LogP contribution in [0.4, 0.5) is 8.78 Å². The lowest BCUT2D eigenvalue weighted by molar-refractivity contribution is 0.267. The number of para-hydroxylation sites is 1. The molecule has 0 amide bonds. The van der Waals surface area contributed by atoms with E-state index >= 15 is 0 Å². The van der Waals surface area contributed by atoms with Gasteiger partial charge in [-0.3, -0.25) is 0 Å². The van der Waals surface area contributed by atoms with Crippen molar-refractivity contribution in [2.75, 3.05) is 13.7 Å². The number of likely N-dealkylation sites (N-methyl/N-ethyl adjacent to an activating group) is 1. The van der Waals surface area contributed by atoms with E-state index in [4.69, 9.17) is 4.74 Å². The summed E-state index contributed by atoms with van der Waals surface area (Å²) in [6.45, 7) is 0.325. The van der Waals surface area contributed by atoms with Crippen molar-refractivity contribution in [2.24, 2.45) is 0 Å². The maximum atomic E-state index is 14.0. The molecule has 0 bridgehead atoms. The van der Waals surface area contributed by atoms with Gasteiger partial charge < -0.3 is 10.1 Å². The molecular formula is C16H16BrF2NO. The predicted molar refractivity (Wildman–Crippen MR) is 82.5 cm³/mol. The minimum absolute atomic E-state index is 0.0559. The molecule has 0 aliphatic rings. The second kappa shape index (κ2) is 7.52.